The summed E-state index contributed by atoms with van der Waals surface area (Å²) in [6, 6.07) is 15.8. The normalized spacial score (nSPS) is 23.6. The first-order valence-corrected chi connectivity index (χ1v) is 13.0. The summed E-state index contributed by atoms with van der Waals surface area (Å²) in [4.78, 5) is 27.1. The highest BCUT2D eigenvalue weighted by atomic mass is 16.5. The Kier molecular flexibility index (Phi) is 7.35. The second kappa shape index (κ2) is 10.8. The van der Waals surface area contributed by atoms with Crippen LogP contribution in [-0.4, -0.2) is 50.7 Å². The molecule has 2 amide bonds. The van der Waals surface area contributed by atoms with E-state index in [1.54, 1.807) is 12.0 Å². The molecule has 36 heavy (non-hydrogen) atoms. The molecule has 188 valence electrons. The molecule has 0 aromatic heterocycles. The standard InChI is InChI=1S/C29H34N4O3/c1-36-12-11-33-26-15-22(9-10-23(26)16-27(33)34)21-7-5-19(6-8-21)14-25(17-30)32-29(35)28-24-4-2-3-20(13-24)18-31-28/h5-10,15,20,24-25,28,31H,2-4,11-14,16,18H2,1H3,(H,32,35). The van der Waals surface area contributed by atoms with E-state index in [1.165, 1.54) is 12.8 Å². The van der Waals surface area contributed by atoms with Gasteiger partial charge in [0.1, 0.15) is 6.04 Å². The number of hydrogen-bond acceptors (Lipinski definition) is 5. The van der Waals surface area contributed by atoms with E-state index in [0.717, 1.165) is 47.3 Å². The van der Waals surface area contributed by atoms with Crippen LogP contribution in [0, 0.1) is 23.2 Å². The number of carbonyl (C=O) groups excluding carboxylic acids is 2. The van der Waals surface area contributed by atoms with Crippen LogP contribution in [0.15, 0.2) is 42.5 Å². The smallest absolute Gasteiger partial charge is 0.238 e. The highest BCUT2D eigenvalue weighted by molar-refractivity contribution is 6.02. The lowest BCUT2D eigenvalue weighted by atomic mass is 9.74. The zero-order valence-corrected chi connectivity index (χ0v) is 20.8. The topological polar surface area (TPSA) is 94.5 Å². The first kappa shape index (κ1) is 24.5. The Hall–Kier alpha value is -3.21. The first-order valence-electron chi connectivity index (χ1n) is 13.0. The predicted octanol–water partition coefficient (Wildman–Crippen LogP) is 3.22. The molecule has 7 heteroatoms. The summed E-state index contributed by atoms with van der Waals surface area (Å²) in [7, 11) is 1.64. The maximum absolute atomic E-state index is 12.9. The third-order valence-electron chi connectivity index (χ3n) is 7.94. The van der Waals surface area contributed by atoms with E-state index in [4.69, 9.17) is 4.74 Å². The quantitative estimate of drug-likeness (QED) is 0.598. The largest absolute Gasteiger partial charge is 0.383 e. The lowest BCUT2D eigenvalue weighted by Gasteiger charge is -2.40. The zero-order valence-electron chi connectivity index (χ0n) is 20.8. The number of anilines is 1. The molecule has 4 atom stereocenters. The summed E-state index contributed by atoms with van der Waals surface area (Å²) in [5.74, 6) is 1.13. The van der Waals surface area contributed by atoms with Gasteiger partial charge in [0.25, 0.3) is 0 Å². The molecule has 2 bridgehead atoms. The number of nitrogens with one attached hydrogen (secondary N) is 2. The molecule has 4 unspecified atom stereocenters. The van der Waals surface area contributed by atoms with Crippen molar-refractivity contribution < 1.29 is 14.3 Å². The number of carbonyl (C=O) groups is 2. The van der Waals surface area contributed by atoms with Crippen LogP contribution in [0.25, 0.3) is 11.1 Å². The van der Waals surface area contributed by atoms with E-state index in [1.807, 2.05) is 36.4 Å². The van der Waals surface area contributed by atoms with Crippen LogP contribution in [0.1, 0.15) is 36.8 Å². The monoisotopic (exact) mass is 486 g/mol. The number of benzene rings is 2. The van der Waals surface area contributed by atoms with Gasteiger partial charge in [-0.25, -0.2) is 0 Å². The Bertz CT molecular complexity index is 1160. The Balaban J connectivity index is 1.23. The molecule has 1 saturated carbocycles. The van der Waals surface area contributed by atoms with Crippen molar-refractivity contribution in [3.63, 3.8) is 0 Å². The number of nitriles is 1. The molecular formula is C29H34N4O3. The molecule has 7 nitrogen and oxygen atoms in total. The minimum absolute atomic E-state index is 0.0470. The molecule has 2 aromatic rings. The van der Waals surface area contributed by atoms with Crippen LogP contribution in [0.3, 0.4) is 0 Å². The molecule has 0 radical (unpaired) electrons. The maximum Gasteiger partial charge on any atom is 0.238 e. The van der Waals surface area contributed by atoms with E-state index in [-0.39, 0.29) is 17.9 Å². The Morgan fingerprint density at radius 1 is 1.22 bits per heavy atom. The Morgan fingerprint density at radius 3 is 2.81 bits per heavy atom. The molecule has 2 heterocycles. The second-order valence-corrected chi connectivity index (χ2v) is 10.3. The van der Waals surface area contributed by atoms with Gasteiger partial charge in [0.2, 0.25) is 11.8 Å². The van der Waals surface area contributed by atoms with Gasteiger partial charge >= 0.3 is 0 Å². The molecule has 2 aromatic carbocycles. The molecular weight excluding hydrogens is 452 g/mol. The summed E-state index contributed by atoms with van der Waals surface area (Å²) in [6.45, 7) is 1.94. The summed E-state index contributed by atoms with van der Waals surface area (Å²) >= 11 is 0. The summed E-state index contributed by atoms with van der Waals surface area (Å²) in [5, 5.41) is 16.1. The van der Waals surface area contributed by atoms with Crippen LogP contribution < -0.4 is 15.5 Å². The van der Waals surface area contributed by atoms with Gasteiger partial charge in [-0.2, -0.15) is 5.26 Å². The van der Waals surface area contributed by atoms with E-state index in [2.05, 4.69) is 22.8 Å². The molecule has 2 fully saturated rings. The van der Waals surface area contributed by atoms with Crippen LogP contribution in [0.5, 0.6) is 0 Å². The van der Waals surface area contributed by atoms with Crippen LogP contribution >= 0.6 is 0 Å². The number of hydrogen-bond donors (Lipinski definition) is 2. The van der Waals surface area contributed by atoms with E-state index >= 15 is 0 Å². The Labute approximate surface area is 212 Å². The average Bonchev–Trinajstić information content (AvgIpc) is 3.21. The Morgan fingerprint density at radius 2 is 2.03 bits per heavy atom. The van der Waals surface area contributed by atoms with Gasteiger partial charge < -0.3 is 20.3 Å². The molecule has 3 aliphatic rings. The van der Waals surface area contributed by atoms with Crippen LogP contribution in [-0.2, 0) is 27.2 Å². The third kappa shape index (κ3) is 5.16. The van der Waals surface area contributed by atoms with E-state index < -0.39 is 6.04 Å². The number of ether oxygens (including phenoxy) is 1. The molecule has 2 N–H and O–H groups in total. The van der Waals surface area contributed by atoms with Gasteiger partial charge in [0, 0.05) is 25.8 Å². The first-order chi connectivity index (χ1) is 17.6. The van der Waals surface area contributed by atoms with E-state index in [9.17, 15) is 14.9 Å². The minimum atomic E-state index is -0.563. The van der Waals surface area contributed by atoms with Gasteiger partial charge in [-0.1, -0.05) is 42.8 Å². The lowest BCUT2D eigenvalue weighted by Crippen LogP contribution is -2.56. The molecule has 2 aliphatic heterocycles. The van der Waals surface area contributed by atoms with Crippen molar-refractivity contribution in [3.05, 3.63) is 53.6 Å². The van der Waals surface area contributed by atoms with Crippen molar-refractivity contribution in [2.75, 3.05) is 31.7 Å². The predicted molar refractivity (Wildman–Crippen MR) is 138 cm³/mol. The number of fused-ring (bicyclic) bond motifs is 3. The number of methoxy groups -OCH3 is 1. The number of piperidine rings is 1. The molecule has 5 rings (SSSR count). The van der Waals surface area contributed by atoms with Crippen molar-refractivity contribution in [2.45, 2.75) is 50.6 Å². The van der Waals surface area contributed by atoms with Gasteiger partial charge in [-0.05, 0) is 66.0 Å². The minimum Gasteiger partial charge on any atom is -0.383 e. The number of nitrogens with zero attached hydrogens (tertiary/aromatic N) is 2. The third-order valence-corrected chi connectivity index (χ3v) is 7.94. The molecule has 1 saturated heterocycles. The van der Waals surface area contributed by atoms with Crippen molar-refractivity contribution >= 4 is 17.5 Å². The van der Waals surface area contributed by atoms with Gasteiger partial charge in [-0.3, -0.25) is 9.59 Å². The molecule has 0 spiro atoms. The van der Waals surface area contributed by atoms with Crippen molar-refractivity contribution in [3.8, 4) is 17.2 Å². The fraction of sp³-hybridized carbons (Fsp3) is 0.483. The SMILES string of the molecule is COCCN1C(=O)Cc2ccc(-c3ccc(CC(C#N)NC(=O)C4NCC5CCCC4C5)cc3)cc21. The lowest BCUT2D eigenvalue weighted by molar-refractivity contribution is -0.126. The summed E-state index contributed by atoms with van der Waals surface area (Å²) in [5.41, 5.74) is 5.07. The van der Waals surface area contributed by atoms with E-state index in [0.29, 0.717) is 37.8 Å². The fourth-order valence-corrected chi connectivity index (χ4v) is 6.01. The number of amides is 2. The highest BCUT2D eigenvalue weighted by Crippen LogP contribution is 2.35. The van der Waals surface area contributed by atoms with Crippen molar-refractivity contribution in [1.29, 1.82) is 5.26 Å². The molecule has 1 aliphatic carbocycles. The zero-order chi connectivity index (χ0) is 25.1. The van der Waals surface area contributed by atoms with Gasteiger partial charge in [-0.15, -0.1) is 0 Å². The van der Waals surface area contributed by atoms with Crippen LogP contribution in [0.2, 0.25) is 0 Å². The second-order valence-electron chi connectivity index (χ2n) is 10.3. The van der Waals surface area contributed by atoms with Crippen LogP contribution in [0.4, 0.5) is 5.69 Å². The maximum atomic E-state index is 12.9. The number of rotatable bonds is 8. The average molecular weight is 487 g/mol. The van der Waals surface area contributed by atoms with Gasteiger partial charge in [0.15, 0.2) is 0 Å². The van der Waals surface area contributed by atoms with Crippen molar-refractivity contribution in [1.82, 2.24) is 10.6 Å². The summed E-state index contributed by atoms with van der Waals surface area (Å²) < 4.78 is 5.17. The summed E-state index contributed by atoms with van der Waals surface area (Å²) in [6.07, 6.45) is 5.54. The van der Waals surface area contributed by atoms with Gasteiger partial charge in [0.05, 0.1) is 25.1 Å². The fourth-order valence-electron chi connectivity index (χ4n) is 6.01. The van der Waals surface area contributed by atoms with Crippen molar-refractivity contribution in [2.24, 2.45) is 11.8 Å². The highest BCUT2D eigenvalue weighted by Gasteiger charge is 2.37.